The van der Waals surface area contributed by atoms with Gasteiger partial charge in [-0.3, -0.25) is 24.5 Å². The molecule has 3 heterocycles. The van der Waals surface area contributed by atoms with E-state index in [0.29, 0.717) is 30.9 Å². The minimum absolute atomic E-state index is 0.241. The van der Waals surface area contributed by atoms with Crippen molar-refractivity contribution in [1.29, 1.82) is 0 Å². The Morgan fingerprint density at radius 1 is 1.17 bits per heavy atom. The van der Waals surface area contributed by atoms with Gasteiger partial charge in [-0.25, -0.2) is 10.3 Å². The summed E-state index contributed by atoms with van der Waals surface area (Å²) in [6, 6.07) is 12.0. The molecular weight excluding hydrogens is 450 g/mol. The van der Waals surface area contributed by atoms with Gasteiger partial charge in [0.15, 0.2) is 0 Å². The molecule has 0 spiro atoms. The second-order valence-electron chi connectivity index (χ2n) is 8.62. The summed E-state index contributed by atoms with van der Waals surface area (Å²) in [5.41, 5.74) is 5.93. The van der Waals surface area contributed by atoms with E-state index in [1.807, 2.05) is 16.7 Å². The first kappa shape index (κ1) is 22.4. The van der Waals surface area contributed by atoms with Gasteiger partial charge in [0.25, 0.3) is 5.91 Å². The van der Waals surface area contributed by atoms with Crippen LogP contribution in [0.25, 0.3) is 10.9 Å². The molecule has 10 heteroatoms. The Balaban J connectivity index is 1.65. The van der Waals surface area contributed by atoms with Crippen LogP contribution in [0.15, 0.2) is 55.1 Å². The Labute approximate surface area is 200 Å². The van der Waals surface area contributed by atoms with Crippen molar-refractivity contribution in [2.24, 2.45) is 0 Å². The number of nitrogens with one attached hydrogen (secondary N) is 2. The Kier molecular flexibility index (Phi) is 5.37. The third-order valence-electron chi connectivity index (χ3n) is 6.60. The number of carbonyl (C=O) groups is 4. The third-order valence-corrected chi connectivity index (χ3v) is 6.60. The fraction of sp³-hybridized carbons (Fsp3) is 0.200. The molecule has 1 fully saturated rings. The van der Waals surface area contributed by atoms with Gasteiger partial charge in [0.1, 0.15) is 0 Å². The molecule has 5 rings (SSSR count). The Morgan fingerprint density at radius 3 is 2.60 bits per heavy atom. The SMILES string of the molecule is C=CC(=O)Nc1ccc2c3c(n(Cc4ccc(C(=O)NO)cc4)c2c1)CN1CC3C(=O)N(C)C1=O. The first-order valence-electron chi connectivity index (χ1n) is 11.0. The van der Waals surface area contributed by atoms with Crippen LogP contribution in [0.5, 0.6) is 0 Å². The van der Waals surface area contributed by atoms with Crippen LogP contribution in [0.1, 0.15) is 33.1 Å². The van der Waals surface area contributed by atoms with E-state index in [-0.39, 0.29) is 17.8 Å². The zero-order valence-corrected chi connectivity index (χ0v) is 18.9. The molecule has 2 bridgehead atoms. The van der Waals surface area contributed by atoms with Gasteiger partial charge in [0.2, 0.25) is 11.8 Å². The van der Waals surface area contributed by atoms with Crippen molar-refractivity contribution in [1.82, 2.24) is 19.8 Å². The van der Waals surface area contributed by atoms with Crippen molar-refractivity contribution in [2.75, 3.05) is 18.9 Å². The molecule has 3 N–H and O–H groups in total. The van der Waals surface area contributed by atoms with E-state index in [0.717, 1.165) is 27.7 Å². The van der Waals surface area contributed by atoms with Crippen LogP contribution in [0.4, 0.5) is 10.5 Å². The molecule has 178 valence electrons. The van der Waals surface area contributed by atoms with Crippen molar-refractivity contribution < 1.29 is 24.4 Å². The zero-order chi connectivity index (χ0) is 24.9. The number of nitrogens with zero attached hydrogens (tertiary/aromatic N) is 3. The second-order valence-corrected chi connectivity index (χ2v) is 8.62. The van der Waals surface area contributed by atoms with E-state index in [9.17, 15) is 19.2 Å². The van der Waals surface area contributed by atoms with Crippen LogP contribution >= 0.6 is 0 Å². The summed E-state index contributed by atoms with van der Waals surface area (Å²) in [5.74, 6) is -1.66. The molecule has 0 saturated carbocycles. The number of hydrogen-bond acceptors (Lipinski definition) is 5. The van der Waals surface area contributed by atoms with Crippen LogP contribution in [-0.2, 0) is 22.7 Å². The molecule has 0 radical (unpaired) electrons. The Morgan fingerprint density at radius 2 is 1.91 bits per heavy atom. The van der Waals surface area contributed by atoms with E-state index in [4.69, 9.17) is 5.21 Å². The third kappa shape index (κ3) is 3.64. The van der Waals surface area contributed by atoms with E-state index in [2.05, 4.69) is 11.9 Å². The Hall–Kier alpha value is -4.44. The van der Waals surface area contributed by atoms with E-state index >= 15 is 0 Å². The highest BCUT2D eigenvalue weighted by molar-refractivity contribution is 6.05. The molecule has 2 aliphatic heterocycles. The minimum Gasteiger partial charge on any atom is -0.338 e. The zero-order valence-electron chi connectivity index (χ0n) is 18.9. The predicted molar refractivity (Wildman–Crippen MR) is 127 cm³/mol. The predicted octanol–water partition coefficient (Wildman–Crippen LogP) is 2.42. The highest BCUT2D eigenvalue weighted by atomic mass is 16.5. The quantitative estimate of drug-likeness (QED) is 0.298. The van der Waals surface area contributed by atoms with Crippen molar-refractivity contribution in [3.8, 4) is 0 Å². The maximum absolute atomic E-state index is 13.0. The smallest absolute Gasteiger partial charge is 0.326 e. The molecule has 1 aromatic heterocycles. The summed E-state index contributed by atoms with van der Waals surface area (Å²) in [4.78, 5) is 52.1. The number of benzene rings is 2. The van der Waals surface area contributed by atoms with Crippen molar-refractivity contribution >= 4 is 40.3 Å². The average Bonchev–Trinajstić information content (AvgIpc) is 3.18. The summed E-state index contributed by atoms with van der Waals surface area (Å²) < 4.78 is 2.04. The molecule has 10 nitrogen and oxygen atoms in total. The highest BCUT2D eigenvalue weighted by Crippen LogP contribution is 2.41. The van der Waals surface area contributed by atoms with E-state index < -0.39 is 11.8 Å². The number of urea groups is 1. The lowest BCUT2D eigenvalue weighted by Gasteiger charge is -2.41. The number of carbonyl (C=O) groups excluding carboxylic acids is 4. The largest absolute Gasteiger partial charge is 0.338 e. The van der Waals surface area contributed by atoms with E-state index in [1.165, 1.54) is 18.0 Å². The molecule has 2 aliphatic rings. The lowest BCUT2D eigenvalue weighted by atomic mass is 9.89. The molecule has 5 amide bonds. The number of rotatable bonds is 5. The molecule has 3 aromatic rings. The molecule has 35 heavy (non-hydrogen) atoms. The minimum atomic E-state index is -0.607. The first-order valence-corrected chi connectivity index (χ1v) is 11.0. The van der Waals surface area contributed by atoms with Crippen LogP contribution in [0.2, 0.25) is 0 Å². The number of likely N-dealkylation sites (N-methyl/N-ethyl adjacent to an activating group) is 1. The number of hydroxylamine groups is 1. The maximum Gasteiger partial charge on any atom is 0.326 e. The van der Waals surface area contributed by atoms with Crippen LogP contribution < -0.4 is 10.8 Å². The summed E-state index contributed by atoms with van der Waals surface area (Å²) in [6.07, 6.45) is 1.19. The van der Waals surface area contributed by atoms with Gasteiger partial charge in [0.05, 0.1) is 18.0 Å². The number of aromatic nitrogens is 1. The summed E-state index contributed by atoms with van der Waals surface area (Å²) in [6.45, 7) is 4.57. The van der Waals surface area contributed by atoms with Gasteiger partial charge in [-0.1, -0.05) is 24.8 Å². The van der Waals surface area contributed by atoms with Gasteiger partial charge < -0.3 is 14.8 Å². The summed E-state index contributed by atoms with van der Waals surface area (Å²) in [5, 5.41) is 12.5. The number of amides is 5. The lowest BCUT2D eigenvalue weighted by molar-refractivity contribution is -0.132. The maximum atomic E-state index is 13.0. The second kappa shape index (κ2) is 8.41. The number of hydrogen-bond donors (Lipinski definition) is 3. The van der Waals surface area contributed by atoms with Gasteiger partial charge in [0, 0.05) is 42.5 Å². The van der Waals surface area contributed by atoms with Gasteiger partial charge in [-0.2, -0.15) is 0 Å². The highest BCUT2D eigenvalue weighted by Gasteiger charge is 2.44. The normalized spacial score (nSPS) is 16.8. The standard InChI is InChI=1S/C25H23N5O5/c1-3-21(31)26-16-8-9-17-19(10-16)30(11-14-4-6-15(7-5-14)23(32)27-35)20-13-29-12-18(22(17)20)24(33)28(2)25(29)34/h3-10,18,35H,1,11-13H2,2H3,(H,26,31)(H,27,32). The van der Waals surface area contributed by atoms with Gasteiger partial charge in [-0.15, -0.1) is 0 Å². The van der Waals surface area contributed by atoms with Crippen LogP contribution in [-0.4, -0.2) is 56.9 Å². The molecule has 1 saturated heterocycles. The fourth-order valence-electron chi connectivity index (χ4n) is 4.89. The number of imide groups is 1. The first-order chi connectivity index (χ1) is 16.8. The fourth-order valence-corrected chi connectivity index (χ4v) is 4.89. The van der Waals surface area contributed by atoms with Crippen molar-refractivity contribution in [2.45, 2.75) is 19.0 Å². The monoisotopic (exact) mass is 473 g/mol. The molecule has 2 aromatic carbocycles. The van der Waals surface area contributed by atoms with E-state index in [1.54, 1.807) is 40.7 Å². The summed E-state index contributed by atoms with van der Waals surface area (Å²) >= 11 is 0. The van der Waals surface area contributed by atoms with Crippen molar-refractivity contribution in [3.63, 3.8) is 0 Å². The van der Waals surface area contributed by atoms with Gasteiger partial charge in [-0.05, 0) is 41.5 Å². The lowest BCUT2D eigenvalue weighted by Crippen LogP contribution is -2.56. The number of anilines is 1. The molecule has 1 atom stereocenters. The van der Waals surface area contributed by atoms with Gasteiger partial charge >= 0.3 is 6.03 Å². The summed E-state index contributed by atoms with van der Waals surface area (Å²) in [7, 11) is 1.50. The average molecular weight is 473 g/mol. The molecule has 0 aliphatic carbocycles. The van der Waals surface area contributed by atoms with Crippen LogP contribution in [0.3, 0.4) is 0 Å². The van der Waals surface area contributed by atoms with Crippen molar-refractivity contribution in [3.05, 3.63) is 77.5 Å². The van der Waals surface area contributed by atoms with Crippen LogP contribution in [0, 0.1) is 0 Å². The number of fused-ring (bicyclic) bond motifs is 6. The molecule has 1 unspecified atom stereocenters. The topological polar surface area (TPSA) is 124 Å². The Bertz CT molecular complexity index is 1410. The molecular formula is C25H23N5O5.